The topological polar surface area (TPSA) is 123 Å². The smallest absolute Gasteiger partial charge is 0.269 e. The minimum Gasteiger partial charge on any atom is -0.351 e. The number of aryl methyl sites for hydroxylation is 1. The third kappa shape index (κ3) is 4.15. The second kappa shape index (κ2) is 8.85. The summed E-state index contributed by atoms with van der Waals surface area (Å²) in [6, 6.07) is 14.1. The molecule has 1 amide bonds. The van der Waals surface area contributed by atoms with Crippen molar-refractivity contribution in [2.45, 2.75) is 13.3 Å². The van der Waals surface area contributed by atoms with Gasteiger partial charge in [0.15, 0.2) is 17.0 Å². The number of nitrogens with zero attached hydrogens (tertiary/aromatic N) is 8. The monoisotopic (exact) mass is 458 g/mol. The van der Waals surface area contributed by atoms with Crippen LogP contribution in [0.3, 0.4) is 0 Å². The Morgan fingerprint density at radius 3 is 2.38 bits per heavy atom. The van der Waals surface area contributed by atoms with Gasteiger partial charge >= 0.3 is 0 Å². The molecule has 172 valence electrons. The average molecular weight is 458 g/mol. The first-order valence-electron chi connectivity index (χ1n) is 10.9. The Kier molecular flexibility index (Phi) is 5.58. The molecule has 3 heterocycles. The van der Waals surface area contributed by atoms with Crippen molar-refractivity contribution < 1.29 is 9.72 Å². The van der Waals surface area contributed by atoms with Crippen molar-refractivity contribution in [3.63, 3.8) is 0 Å². The Hall–Kier alpha value is -4.41. The summed E-state index contributed by atoms with van der Waals surface area (Å²) in [6.07, 6.45) is 1.72. The van der Waals surface area contributed by atoms with E-state index in [0.717, 1.165) is 16.8 Å². The average Bonchev–Trinajstić information content (AvgIpc) is 3.29. The highest BCUT2D eigenvalue weighted by Crippen LogP contribution is 2.24. The lowest BCUT2D eigenvalue weighted by Gasteiger charge is -2.35. The van der Waals surface area contributed by atoms with E-state index >= 15 is 0 Å². The van der Waals surface area contributed by atoms with E-state index in [1.807, 2.05) is 31.2 Å². The fourth-order valence-corrected chi connectivity index (χ4v) is 4.02. The third-order valence-electron chi connectivity index (χ3n) is 5.93. The molecule has 2 aromatic heterocycles. The predicted octanol–water partition coefficient (Wildman–Crippen LogP) is 2.32. The number of nitro groups is 1. The summed E-state index contributed by atoms with van der Waals surface area (Å²) in [5.74, 6) is 0.692. The molecule has 11 nitrogen and oxygen atoms in total. The molecule has 34 heavy (non-hydrogen) atoms. The maximum Gasteiger partial charge on any atom is 0.269 e. The lowest BCUT2D eigenvalue weighted by Crippen LogP contribution is -2.49. The second-order valence-corrected chi connectivity index (χ2v) is 8.17. The van der Waals surface area contributed by atoms with Gasteiger partial charge in [0.2, 0.25) is 5.91 Å². The number of rotatable bonds is 5. The van der Waals surface area contributed by atoms with Crippen LogP contribution in [0.15, 0.2) is 54.9 Å². The molecule has 0 bridgehead atoms. The summed E-state index contributed by atoms with van der Waals surface area (Å²) in [7, 11) is 0. The number of hydrogen-bond acceptors (Lipinski definition) is 8. The fourth-order valence-electron chi connectivity index (χ4n) is 4.02. The van der Waals surface area contributed by atoms with Crippen LogP contribution in [0.25, 0.3) is 16.9 Å². The van der Waals surface area contributed by atoms with Gasteiger partial charge in [-0.1, -0.05) is 35.0 Å². The van der Waals surface area contributed by atoms with Crippen LogP contribution in [0, 0.1) is 17.0 Å². The summed E-state index contributed by atoms with van der Waals surface area (Å²) in [6.45, 7) is 4.33. The molecule has 0 radical (unpaired) electrons. The Balaban J connectivity index is 1.27. The van der Waals surface area contributed by atoms with Crippen molar-refractivity contribution >= 4 is 28.6 Å². The lowest BCUT2D eigenvalue weighted by atomic mass is 10.1. The third-order valence-corrected chi connectivity index (χ3v) is 5.93. The first-order chi connectivity index (χ1) is 16.5. The van der Waals surface area contributed by atoms with Crippen molar-refractivity contribution in [2.75, 3.05) is 31.1 Å². The molecule has 0 spiro atoms. The first kappa shape index (κ1) is 21.4. The van der Waals surface area contributed by atoms with Gasteiger partial charge in [-0.25, -0.2) is 9.97 Å². The highest BCUT2D eigenvalue weighted by atomic mass is 16.6. The van der Waals surface area contributed by atoms with Gasteiger partial charge in [-0.05, 0) is 24.6 Å². The number of nitro benzene ring substituents is 1. The molecular weight excluding hydrogens is 436 g/mol. The Morgan fingerprint density at radius 2 is 1.71 bits per heavy atom. The van der Waals surface area contributed by atoms with Gasteiger partial charge in [0, 0.05) is 38.3 Å². The van der Waals surface area contributed by atoms with Gasteiger partial charge in [-0.15, -0.1) is 5.10 Å². The van der Waals surface area contributed by atoms with E-state index in [1.165, 1.54) is 18.5 Å². The van der Waals surface area contributed by atoms with Gasteiger partial charge in [0.05, 0.1) is 17.0 Å². The van der Waals surface area contributed by atoms with E-state index in [0.29, 0.717) is 43.2 Å². The SMILES string of the molecule is Cc1ccc(-n2nnc3c(N4CCN(C(=O)Cc5ccc([N+](=O)[O-])cc5)CC4)ncnc32)cc1. The molecule has 1 aliphatic rings. The molecule has 0 unspecified atom stereocenters. The molecule has 0 N–H and O–H groups in total. The van der Waals surface area contributed by atoms with Crippen LogP contribution < -0.4 is 4.90 Å². The number of benzene rings is 2. The number of fused-ring (bicyclic) bond motifs is 1. The zero-order valence-corrected chi connectivity index (χ0v) is 18.5. The van der Waals surface area contributed by atoms with E-state index in [9.17, 15) is 14.9 Å². The standard InChI is InChI=1S/C23H22N8O3/c1-16-2-6-18(7-3-16)30-23-21(26-27-30)22(24-15-25-23)29-12-10-28(11-13-29)20(32)14-17-4-8-19(9-5-17)31(33)34/h2-9,15H,10-14H2,1H3. The van der Waals surface area contributed by atoms with Crippen LogP contribution in [0.5, 0.6) is 0 Å². The maximum absolute atomic E-state index is 12.7. The van der Waals surface area contributed by atoms with E-state index in [4.69, 9.17) is 0 Å². The van der Waals surface area contributed by atoms with Gasteiger partial charge in [-0.2, -0.15) is 4.68 Å². The number of amides is 1. The number of carbonyl (C=O) groups is 1. The minimum atomic E-state index is -0.450. The molecule has 5 rings (SSSR count). The first-order valence-corrected chi connectivity index (χ1v) is 10.9. The van der Waals surface area contributed by atoms with Gasteiger partial charge in [0.25, 0.3) is 5.69 Å². The number of anilines is 1. The quantitative estimate of drug-likeness (QED) is 0.330. The highest BCUT2D eigenvalue weighted by molar-refractivity contribution is 5.84. The predicted molar refractivity (Wildman–Crippen MR) is 125 cm³/mol. The molecule has 0 aliphatic carbocycles. The summed E-state index contributed by atoms with van der Waals surface area (Å²) in [5, 5.41) is 19.4. The van der Waals surface area contributed by atoms with Crippen LogP contribution in [-0.2, 0) is 11.2 Å². The molecule has 11 heteroatoms. The zero-order chi connectivity index (χ0) is 23.7. The van der Waals surface area contributed by atoms with E-state index in [1.54, 1.807) is 21.7 Å². The molecular formula is C23H22N8O3. The molecule has 2 aromatic carbocycles. The normalized spacial score (nSPS) is 13.9. The number of piperazine rings is 1. The van der Waals surface area contributed by atoms with E-state index < -0.39 is 4.92 Å². The Bertz CT molecular complexity index is 1340. The summed E-state index contributed by atoms with van der Waals surface area (Å²) < 4.78 is 1.70. The van der Waals surface area contributed by atoms with Crippen LogP contribution in [0.2, 0.25) is 0 Å². The van der Waals surface area contributed by atoms with Gasteiger partial charge in [-0.3, -0.25) is 14.9 Å². The Morgan fingerprint density at radius 1 is 1.00 bits per heavy atom. The van der Waals surface area contributed by atoms with Gasteiger partial charge < -0.3 is 9.80 Å². The number of carbonyl (C=O) groups excluding carboxylic acids is 1. The van der Waals surface area contributed by atoms with Crippen molar-refractivity contribution in [1.29, 1.82) is 0 Å². The highest BCUT2D eigenvalue weighted by Gasteiger charge is 2.25. The Labute approximate surface area is 194 Å². The molecule has 4 aromatic rings. The largest absolute Gasteiger partial charge is 0.351 e. The van der Waals surface area contributed by atoms with Crippen LogP contribution in [0.4, 0.5) is 11.5 Å². The fraction of sp³-hybridized carbons (Fsp3) is 0.261. The van der Waals surface area contributed by atoms with E-state index in [2.05, 4.69) is 25.2 Å². The van der Waals surface area contributed by atoms with Crippen molar-refractivity contribution in [3.05, 3.63) is 76.1 Å². The van der Waals surface area contributed by atoms with Gasteiger partial charge in [0.1, 0.15) is 6.33 Å². The second-order valence-electron chi connectivity index (χ2n) is 8.17. The molecule has 0 saturated carbocycles. The lowest BCUT2D eigenvalue weighted by molar-refractivity contribution is -0.384. The van der Waals surface area contributed by atoms with Crippen molar-refractivity contribution in [2.24, 2.45) is 0 Å². The zero-order valence-electron chi connectivity index (χ0n) is 18.5. The van der Waals surface area contributed by atoms with Crippen LogP contribution in [0.1, 0.15) is 11.1 Å². The number of non-ortho nitro benzene ring substituents is 1. The van der Waals surface area contributed by atoms with Crippen LogP contribution in [-0.4, -0.2) is 66.9 Å². The summed E-state index contributed by atoms with van der Waals surface area (Å²) in [5.41, 5.74) is 4.05. The molecule has 1 saturated heterocycles. The summed E-state index contributed by atoms with van der Waals surface area (Å²) >= 11 is 0. The van der Waals surface area contributed by atoms with Crippen molar-refractivity contribution in [3.8, 4) is 5.69 Å². The minimum absolute atomic E-state index is 0.00773. The van der Waals surface area contributed by atoms with E-state index in [-0.39, 0.29) is 18.0 Å². The van der Waals surface area contributed by atoms with Crippen LogP contribution >= 0.6 is 0 Å². The molecule has 0 atom stereocenters. The molecule has 1 fully saturated rings. The van der Waals surface area contributed by atoms with Crippen molar-refractivity contribution in [1.82, 2.24) is 29.9 Å². The maximum atomic E-state index is 12.7. The number of hydrogen-bond donors (Lipinski definition) is 0. The molecule has 1 aliphatic heterocycles. The number of aromatic nitrogens is 5. The summed E-state index contributed by atoms with van der Waals surface area (Å²) in [4.78, 5) is 35.8.